The first kappa shape index (κ1) is 15.6. The summed E-state index contributed by atoms with van der Waals surface area (Å²) in [5, 5.41) is 3.32. The highest BCUT2D eigenvalue weighted by Crippen LogP contribution is 2.11. The minimum atomic E-state index is 0.762. The fraction of sp³-hybridized carbons (Fsp3) is 0.125. The summed E-state index contributed by atoms with van der Waals surface area (Å²) in [6.45, 7) is 7.80. The van der Waals surface area contributed by atoms with Crippen LogP contribution in [-0.4, -0.2) is 7.85 Å². The maximum Gasteiger partial charge on any atom is 0.113 e. The third kappa shape index (κ3) is 6.30. The first-order chi connectivity index (χ1) is 9.01. The van der Waals surface area contributed by atoms with E-state index in [9.17, 15) is 0 Å². The van der Waals surface area contributed by atoms with Crippen molar-refractivity contribution in [1.82, 2.24) is 0 Å². The molecule has 0 spiro atoms. The zero-order valence-electron chi connectivity index (χ0n) is 11.3. The van der Waals surface area contributed by atoms with Gasteiger partial charge >= 0.3 is 0 Å². The van der Waals surface area contributed by atoms with Gasteiger partial charge in [0.25, 0.3) is 0 Å². The minimum Gasteiger partial charge on any atom is -0.356 e. The van der Waals surface area contributed by atoms with Crippen molar-refractivity contribution in [1.29, 1.82) is 0 Å². The van der Waals surface area contributed by atoms with Crippen LogP contribution in [0.2, 0.25) is 0 Å². The van der Waals surface area contributed by atoms with Crippen LogP contribution in [0.5, 0.6) is 0 Å². The summed E-state index contributed by atoms with van der Waals surface area (Å²) in [5.74, 6) is 0. The summed E-state index contributed by atoms with van der Waals surface area (Å²) >= 11 is 3.31. The summed E-state index contributed by atoms with van der Waals surface area (Å²) in [4.78, 5) is 0. The maximum atomic E-state index is 5.66. The molecule has 0 aliphatic heterocycles. The number of benzene rings is 1. The molecule has 1 aromatic carbocycles. The molecule has 0 amide bonds. The van der Waals surface area contributed by atoms with E-state index in [1.54, 1.807) is 0 Å². The van der Waals surface area contributed by atoms with Crippen LogP contribution in [-0.2, 0) is 0 Å². The smallest absolute Gasteiger partial charge is 0.113 e. The van der Waals surface area contributed by atoms with Gasteiger partial charge in [-0.25, -0.2) is 0 Å². The van der Waals surface area contributed by atoms with E-state index in [4.69, 9.17) is 7.85 Å². The number of hydrogen-bond acceptors (Lipinski definition) is 1. The quantitative estimate of drug-likeness (QED) is 0.634. The highest BCUT2D eigenvalue weighted by Gasteiger charge is 1.93. The molecule has 0 heterocycles. The zero-order valence-corrected chi connectivity index (χ0v) is 12.9. The molecule has 1 N–H and O–H groups in total. The zero-order chi connectivity index (χ0) is 14.3. The molecule has 1 rings (SSSR count). The molecular weight excluding hydrogens is 297 g/mol. The number of allylic oxidation sites excluding steroid dienone is 6. The maximum absolute atomic E-state index is 5.66. The van der Waals surface area contributed by atoms with Crippen molar-refractivity contribution in [2.45, 2.75) is 13.8 Å². The third-order valence-corrected chi connectivity index (χ3v) is 2.65. The van der Waals surface area contributed by atoms with Crippen LogP contribution in [0, 0.1) is 0 Å². The lowest BCUT2D eigenvalue weighted by Crippen LogP contribution is -2.02. The van der Waals surface area contributed by atoms with E-state index in [2.05, 4.69) is 27.8 Å². The molecule has 0 saturated heterocycles. The Morgan fingerprint density at radius 3 is 2.42 bits per heavy atom. The van der Waals surface area contributed by atoms with Crippen molar-refractivity contribution in [3.63, 3.8) is 0 Å². The molecule has 2 radical (unpaired) electrons. The summed E-state index contributed by atoms with van der Waals surface area (Å²) in [6, 6.07) is 7.66. The van der Waals surface area contributed by atoms with Gasteiger partial charge in [-0.1, -0.05) is 52.3 Å². The van der Waals surface area contributed by atoms with Crippen molar-refractivity contribution in [2.75, 3.05) is 5.32 Å². The van der Waals surface area contributed by atoms with E-state index in [-0.39, 0.29) is 0 Å². The van der Waals surface area contributed by atoms with Crippen LogP contribution in [0.4, 0.5) is 5.69 Å². The van der Waals surface area contributed by atoms with Crippen molar-refractivity contribution >= 4 is 34.9 Å². The summed E-state index contributed by atoms with van der Waals surface area (Å²) in [7, 11) is 5.66. The van der Waals surface area contributed by atoms with Crippen molar-refractivity contribution in [2.24, 2.45) is 0 Å². The molecule has 1 aromatic rings. The Labute approximate surface area is 125 Å². The Bertz CT molecular complexity index is 524. The molecule has 0 aliphatic rings. The van der Waals surface area contributed by atoms with E-state index < -0.39 is 0 Å². The second-order valence-corrected chi connectivity index (χ2v) is 5.18. The molecule has 96 valence electrons. The predicted molar refractivity (Wildman–Crippen MR) is 90.2 cm³/mol. The lowest BCUT2D eigenvalue weighted by molar-refractivity contribution is 1.42. The number of anilines is 1. The van der Waals surface area contributed by atoms with Crippen LogP contribution in [0.15, 0.2) is 70.9 Å². The molecule has 0 atom stereocenters. The topological polar surface area (TPSA) is 12.0 Å². The van der Waals surface area contributed by atoms with E-state index >= 15 is 0 Å². The average molecular weight is 314 g/mol. The summed E-state index contributed by atoms with van der Waals surface area (Å²) in [6.07, 6.45) is 8.04. The Morgan fingerprint density at radius 2 is 1.89 bits per heavy atom. The molecule has 0 aliphatic carbocycles. The Kier molecular flexibility index (Phi) is 6.44. The van der Waals surface area contributed by atoms with Crippen LogP contribution in [0.3, 0.4) is 0 Å². The third-order valence-electron chi connectivity index (χ3n) is 2.42. The number of rotatable bonds is 5. The lowest BCUT2D eigenvalue weighted by atomic mass is 9.96. The molecule has 0 fully saturated rings. The molecule has 0 saturated carbocycles. The molecule has 0 bridgehead atoms. The van der Waals surface area contributed by atoms with Crippen molar-refractivity contribution in [3.05, 3.63) is 70.9 Å². The Balaban J connectivity index is 2.72. The minimum absolute atomic E-state index is 0.762. The van der Waals surface area contributed by atoms with Gasteiger partial charge in [-0.15, -0.1) is 0 Å². The van der Waals surface area contributed by atoms with Crippen LogP contribution in [0.25, 0.3) is 0 Å². The molecule has 0 aromatic heterocycles. The van der Waals surface area contributed by atoms with E-state index in [0.29, 0.717) is 0 Å². The van der Waals surface area contributed by atoms with Gasteiger partial charge in [-0.2, -0.15) is 0 Å². The van der Waals surface area contributed by atoms with Crippen molar-refractivity contribution < 1.29 is 0 Å². The number of halogens is 1. The largest absolute Gasteiger partial charge is 0.356 e. The highest BCUT2D eigenvalue weighted by molar-refractivity contribution is 9.11. The van der Waals surface area contributed by atoms with Gasteiger partial charge in [0.2, 0.25) is 0 Å². The van der Waals surface area contributed by atoms with Gasteiger partial charge in [0.15, 0.2) is 0 Å². The van der Waals surface area contributed by atoms with Crippen molar-refractivity contribution in [3.8, 4) is 0 Å². The molecule has 19 heavy (non-hydrogen) atoms. The molecule has 0 unspecified atom stereocenters. The molecular formula is C16H17BBrN. The van der Waals surface area contributed by atoms with Gasteiger partial charge in [-0.3, -0.25) is 0 Å². The van der Waals surface area contributed by atoms with Crippen LogP contribution >= 0.6 is 15.9 Å². The second-order valence-electron chi connectivity index (χ2n) is 4.16. The summed E-state index contributed by atoms with van der Waals surface area (Å²) in [5.41, 5.74) is 3.93. The van der Waals surface area contributed by atoms with E-state index in [1.165, 1.54) is 0 Å². The Hall–Kier alpha value is -1.48. The number of nitrogens with one attached hydrogen (secondary N) is 1. The first-order valence-corrected chi connectivity index (χ1v) is 6.80. The fourth-order valence-corrected chi connectivity index (χ4v) is 1.82. The van der Waals surface area contributed by atoms with Crippen LogP contribution < -0.4 is 10.8 Å². The van der Waals surface area contributed by atoms with Gasteiger partial charge in [0, 0.05) is 15.9 Å². The second kappa shape index (κ2) is 7.85. The van der Waals surface area contributed by atoms with E-state index in [1.807, 2.05) is 62.4 Å². The summed E-state index contributed by atoms with van der Waals surface area (Å²) < 4.78 is 0.864. The number of hydrogen-bond donors (Lipinski definition) is 1. The van der Waals surface area contributed by atoms with Gasteiger partial charge in [0.05, 0.1) is 0 Å². The fourth-order valence-electron chi connectivity index (χ4n) is 1.46. The van der Waals surface area contributed by atoms with E-state index in [0.717, 1.165) is 26.9 Å². The standard InChI is InChI=1S/C16H17BBrN/c1-4-15(8-5-12(2)11-13(3)18)19-16-9-6-14(17)7-10-16/h4-11,19H,3H2,1-2H3/b8-5+,12-11-,15-4+. The van der Waals surface area contributed by atoms with Gasteiger partial charge in [-0.05, 0) is 43.7 Å². The first-order valence-electron chi connectivity index (χ1n) is 6.01. The lowest BCUT2D eigenvalue weighted by Gasteiger charge is -2.07. The Morgan fingerprint density at radius 1 is 1.26 bits per heavy atom. The molecule has 1 nitrogen and oxygen atoms in total. The average Bonchev–Trinajstić information content (AvgIpc) is 2.36. The predicted octanol–water partition coefficient (Wildman–Crippen LogP) is 4.21. The monoisotopic (exact) mass is 313 g/mol. The van der Waals surface area contributed by atoms with Gasteiger partial charge < -0.3 is 5.32 Å². The molecule has 3 heteroatoms. The van der Waals surface area contributed by atoms with Gasteiger partial charge in [0.1, 0.15) is 7.85 Å². The van der Waals surface area contributed by atoms with Crippen LogP contribution in [0.1, 0.15) is 13.8 Å². The SMILES string of the molecule is [B]c1ccc(NC(/C=C/C(C)=C\C(=C)Br)=C/C)cc1. The normalized spacial score (nSPS) is 12.8. The highest BCUT2D eigenvalue weighted by atomic mass is 79.9.